The summed E-state index contributed by atoms with van der Waals surface area (Å²) in [6, 6.07) is 7.14. The van der Waals surface area contributed by atoms with Gasteiger partial charge in [-0.1, -0.05) is 12.2 Å². The fourth-order valence-electron chi connectivity index (χ4n) is 2.06. The Hall–Kier alpha value is -2.48. The number of rotatable bonds is 4. The Labute approximate surface area is 111 Å². The second-order valence-corrected chi connectivity index (χ2v) is 4.34. The number of hydrogen-bond acceptors (Lipinski definition) is 4. The predicted molar refractivity (Wildman–Crippen MR) is 70.0 cm³/mol. The summed E-state index contributed by atoms with van der Waals surface area (Å²) < 4.78 is 5.12. The molecule has 1 aliphatic carbocycles. The molecule has 0 aliphatic heterocycles. The quantitative estimate of drug-likeness (QED) is 0.807. The second kappa shape index (κ2) is 5.44. The van der Waals surface area contributed by atoms with E-state index in [9.17, 15) is 4.79 Å². The minimum atomic E-state index is -0.827. The summed E-state index contributed by atoms with van der Waals surface area (Å²) in [5.74, 6) is -0.640. The molecule has 98 valence electrons. The van der Waals surface area contributed by atoms with Gasteiger partial charge in [-0.3, -0.25) is 4.79 Å². The zero-order valence-electron chi connectivity index (χ0n) is 10.5. The van der Waals surface area contributed by atoms with Crippen LogP contribution in [-0.2, 0) is 4.79 Å². The maximum absolute atomic E-state index is 10.9. The third-order valence-corrected chi connectivity index (χ3v) is 3.09. The van der Waals surface area contributed by atoms with Gasteiger partial charge in [0, 0.05) is 12.1 Å². The van der Waals surface area contributed by atoms with Gasteiger partial charge >= 0.3 is 5.97 Å². The maximum Gasteiger partial charge on any atom is 0.310 e. The molecule has 0 radical (unpaired) electrons. The van der Waals surface area contributed by atoms with Gasteiger partial charge in [0.05, 0.1) is 24.3 Å². The lowest BCUT2D eigenvalue weighted by Gasteiger charge is -2.15. The maximum atomic E-state index is 10.9. The summed E-state index contributed by atoms with van der Waals surface area (Å²) in [6.45, 7) is 0. The van der Waals surface area contributed by atoms with E-state index in [0.29, 0.717) is 23.4 Å². The number of carboxylic acid groups (broad SMARTS) is 1. The first-order valence-corrected chi connectivity index (χ1v) is 5.90. The van der Waals surface area contributed by atoms with Gasteiger partial charge in [-0.2, -0.15) is 5.26 Å². The van der Waals surface area contributed by atoms with Crippen LogP contribution in [0.5, 0.6) is 5.75 Å². The molecular formula is C14H14N2O3. The van der Waals surface area contributed by atoms with Crippen LogP contribution in [0, 0.1) is 17.2 Å². The van der Waals surface area contributed by atoms with Crippen LogP contribution in [0.2, 0.25) is 0 Å². The third-order valence-electron chi connectivity index (χ3n) is 3.09. The Bertz CT molecular complexity index is 560. The van der Waals surface area contributed by atoms with Gasteiger partial charge in [0.25, 0.3) is 0 Å². The van der Waals surface area contributed by atoms with Crippen LogP contribution in [0.15, 0.2) is 30.4 Å². The molecule has 1 aromatic carbocycles. The molecule has 0 heterocycles. The molecule has 2 N–H and O–H groups in total. The van der Waals surface area contributed by atoms with Crippen LogP contribution in [0.3, 0.4) is 0 Å². The Kier molecular flexibility index (Phi) is 3.71. The fourth-order valence-corrected chi connectivity index (χ4v) is 2.06. The summed E-state index contributed by atoms with van der Waals surface area (Å²) >= 11 is 0. The van der Waals surface area contributed by atoms with Crippen LogP contribution in [0.4, 0.5) is 5.69 Å². The van der Waals surface area contributed by atoms with E-state index in [1.54, 1.807) is 31.4 Å². The van der Waals surface area contributed by atoms with Crippen LogP contribution < -0.4 is 10.1 Å². The lowest BCUT2D eigenvalue weighted by atomic mass is 10.1. The highest BCUT2D eigenvalue weighted by molar-refractivity contribution is 5.73. The Morgan fingerprint density at radius 3 is 2.89 bits per heavy atom. The largest absolute Gasteiger partial charge is 0.497 e. The lowest BCUT2D eigenvalue weighted by molar-refractivity contribution is -0.140. The number of carboxylic acids is 1. The molecule has 0 fully saturated rings. The van der Waals surface area contributed by atoms with E-state index >= 15 is 0 Å². The summed E-state index contributed by atoms with van der Waals surface area (Å²) in [5.41, 5.74) is 1.16. The van der Waals surface area contributed by atoms with Gasteiger partial charge in [0.1, 0.15) is 11.8 Å². The predicted octanol–water partition coefficient (Wildman–Crippen LogP) is 2.01. The number of nitrogens with zero attached hydrogens (tertiary/aromatic N) is 1. The first kappa shape index (κ1) is 13.0. The molecule has 2 unspecified atom stereocenters. The van der Waals surface area contributed by atoms with Crippen molar-refractivity contribution in [2.24, 2.45) is 5.92 Å². The van der Waals surface area contributed by atoms with E-state index in [2.05, 4.69) is 11.4 Å². The van der Waals surface area contributed by atoms with Crippen LogP contribution in [-0.4, -0.2) is 24.2 Å². The van der Waals surface area contributed by atoms with E-state index in [0.717, 1.165) is 0 Å². The van der Waals surface area contributed by atoms with E-state index in [1.807, 2.05) is 6.08 Å². The molecule has 0 saturated heterocycles. The molecule has 0 bridgehead atoms. The van der Waals surface area contributed by atoms with Crippen molar-refractivity contribution < 1.29 is 14.6 Å². The molecule has 1 aromatic rings. The molecule has 0 aromatic heterocycles. The van der Waals surface area contributed by atoms with Crippen molar-refractivity contribution in [1.82, 2.24) is 0 Å². The Morgan fingerprint density at radius 1 is 1.53 bits per heavy atom. The van der Waals surface area contributed by atoms with Crippen molar-refractivity contribution in [3.63, 3.8) is 0 Å². The average Bonchev–Trinajstić information content (AvgIpc) is 2.87. The van der Waals surface area contributed by atoms with Gasteiger partial charge in [0.15, 0.2) is 0 Å². The number of nitrogens with one attached hydrogen (secondary N) is 1. The van der Waals surface area contributed by atoms with Gasteiger partial charge in [-0.15, -0.1) is 0 Å². The van der Waals surface area contributed by atoms with Crippen molar-refractivity contribution in [1.29, 1.82) is 5.26 Å². The van der Waals surface area contributed by atoms with E-state index in [4.69, 9.17) is 15.1 Å². The van der Waals surface area contributed by atoms with Gasteiger partial charge in [-0.25, -0.2) is 0 Å². The number of hydrogen-bond donors (Lipinski definition) is 2. The zero-order chi connectivity index (χ0) is 13.8. The number of benzene rings is 1. The van der Waals surface area contributed by atoms with Crippen LogP contribution >= 0.6 is 0 Å². The topological polar surface area (TPSA) is 82.3 Å². The second-order valence-electron chi connectivity index (χ2n) is 4.34. The minimum absolute atomic E-state index is 0.0830. The van der Waals surface area contributed by atoms with Crippen molar-refractivity contribution in [3.8, 4) is 11.8 Å². The van der Waals surface area contributed by atoms with E-state index in [1.165, 1.54) is 0 Å². The minimum Gasteiger partial charge on any atom is -0.497 e. The van der Waals surface area contributed by atoms with Crippen LogP contribution in [0.25, 0.3) is 0 Å². The summed E-state index contributed by atoms with van der Waals surface area (Å²) in [5, 5.41) is 21.1. The first-order valence-electron chi connectivity index (χ1n) is 5.90. The molecule has 0 spiro atoms. The van der Waals surface area contributed by atoms with Gasteiger partial charge in [0.2, 0.25) is 0 Å². The Balaban J connectivity index is 2.14. The molecule has 5 nitrogen and oxygen atoms in total. The Morgan fingerprint density at radius 2 is 2.32 bits per heavy atom. The molecular weight excluding hydrogens is 244 g/mol. The lowest BCUT2D eigenvalue weighted by Crippen LogP contribution is -2.19. The molecule has 0 amide bonds. The monoisotopic (exact) mass is 258 g/mol. The molecule has 19 heavy (non-hydrogen) atoms. The van der Waals surface area contributed by atoms with Crippen molar-refractivity contribution in [3.05, 3.63) is 35.9 Å². The van der Waals surface area contributed by atoms with Crippen molar-refractivity contribution in [2.75, 3.05) is 12.4 Å². The summed E-state index contributed by atoms with van der Waals surface area (Å²) in [4.78, 5) is 10.9. The van der Waals surface area contributed by atoms with Gasteiger partial charge in [-0.05, 0) is 18.6 Å². The number of ether oxygens (including phenoxy) is 1. The highest BCUT2D eigenvalue weighted by atomic mass is 16.5. The number of aliphatic carboxylic acids is 1. The van der Waals surface area contributed by atoms with E-state index in [-0.39, 0.29) is 6.04 Å². The van der Waals surface area contributed by atoms with Crippen molar-refractivity contribution in [2.45, 2.75) is 12.5 Å². The molecule has 2 atom stereocenters. The highest BCUT2D eigenvalue weighted by Crippen LogP contribution is 2.26. The molecule has 2 rings (SSSR count). The standard InChI is InChI=1S/C14H14N2O3/c1-19-12-5-3-10(8-15)13(7-12)16-11-4-2-9(6-11)14(17)18/h2-5,7,9,11,16H,6H2,1H3,(H,17,18). The molecule has 1 aliphatic rings. The third kappa shape index (κ3) is 2.86. The normalized spacial score (nSPS) is 20.8. The number of anilines is 1. The fraction of sp³-hybridized carbons (Fsp3) is 0.286. The van der Waals surface area contributed by atoms with E-state index < -0.39 is 11.9 Å². The molecule has 5 heteroatoms. The number of carbonyl (C=O) groups is 1. The highest BCUT2D eigenvalue weighted by Gasteiger charge is 2.24. The number of methoxy groups -OCH3 is 1. The van der Waals surface area contributed by atoms with Crippen LogP contribution in [0.1, 0.15) is 12.0 Å². The first-order chi connectivity index (χ1) is 9.13. The summed E-state index contributed by atoms with van der Waals surface area (Å²) in [7, 11) is 1.56. The zero-order valence-corrected chi connectivity index (χ0v) is 10.5. The average molecular weight is 258 g/mol. The number of nitriles is 1. The SMILES string of the molecule is COc1ccc(C#N)c(NC2C=CC(C(=O)O)C2)c1. The van der Waals surface area contributed by atoms with Gasteiger partial charge < -0.3 is 15.2 Å². The smallest absolute Gasteiger partial charge is 0.310 e. The summed E-state index contributed by atoms with van der Waals surface area (Å²) in [6.07, 6.45) is 3.98. The van der Waals surface area contributed by atoms with Crippen molar-refractivity contribution >= 4 is 11.7 Å². The molecule has 0 saturated carbocycles.